The van der Waals surface area contributed by atoms with Crippen molar-refractivity contribution in [3.05, 3.63) is 36.2 Å². The molecule has 0 aliphatic rings. The van der Waals surface area contributed by atoms with E-state index in [4.69, 9.17) is 5.73 Å². The van der Waals surface area contributed by atoms with Gasteiger partial charge in [-0.25, -0.2) is 0 Å². The summed E-state index contributed by atoms with van der Waals surface area (Å²) in [5, 5.41) is 6.15. The van der Waals surface area contributed by atoms with E-state index in [1.54, 1.807) is 18.2 Å². The van der Waals surface area contributed by atoms with Gasteiger partial charge in [-0.3, -0.25) is 4.79 Å². The van der Waals surface area contributed by atoms with E-state index in [0.29, 0.717) is 16.9 Å². The largest absolute Gasteiger partial charge is 0.397 e. The Kier molecular flexibility index (Phi) is 3.18. The number of carbonyl (C=O) groups is 1. The number of hydrogen-bond acceptors (Lipinski definition) is 5. The zero-order valence-corrected chi connectivity index (χ0v) is 10.2. The van der Waals surface area contributed by atoms with E-state index in [2.05, 4.69) is 15.0 Å². The maximum atomic E-state index is 11.9. The molecule has 0 bridgehead atoms. The minimum Gasteiger partial charge on any atom is -0.397 e. The molecule has 6 nitrogen and oxygen atoms in total. The number of nitrogens with two attached hydrogens (primary N) is 1. The molecule has 1 heterocycles. The molecule has 0 saturated carbocycles. The van der Waals surface area contributed by atoms with E-state index in [1.165, 1.54) is 12.5 Å². The van der Waals surface area contributed by atoms with E-state index in [1.807, 2.05) is 19.0 Å². The first-order valence-corrected chi connectivity index (χ1v) is 5.35. The second-order valence-electron chi connectivity index (χ2n) is 4.04. The van der Waals surface area contributed by atoms with Gasteiger partial charge in [0.05, 0.1) is 17.6 Å². The van der Waals surface area contributed by atoms with Crippen LogP contribution in [-0.2, 0) is 0 Å². The summed E-state index contributed by atoms with van der Waals surface area (Å²) in [7, 11) is 3.78. The van der Waals surface area contributed by atoms with E-state index in [-0.39, 0.29) is 5.91 Å². The highest BCUT2D eigenvalue weighted by molar-refractivity contribution is 6.05. The molecule has 94 valence electrons. The van der Waals surface area contributed by atoms with E-state index >= 15 is 0 Å². The highest BCUT2D eigenvalue weighted by Crippen LogP contribution is 2.22. The molecule has 2 aromatic rings. The molecule has 0 aliphatic heterocycles. The van der Waals surface area contributed by atoms with Crippen molar-refractivity contribution in [2.45, 2.75) is 0 Å². The lowest BCUT2D eigenvalue weighted by Gasteiger charge is -2.15. The van der Waals surface area contributed by atoms with Gasteiger partial charge >= 0.3 is 0 Å². The first-order valence-electron chi connectivity index (χ1n) is 5.35. The molecule has 0 atom stereocenters. The van der Waals surface area contributed by atoms with Crippen LogP contribution < -0.4 is 16.0 Å². The van der Waals surface area contributed by atoms with Crippen molar-refractivity contribution in [1.29, 1.82) is 0 Å². The standard InChI is InChI=1S/C12H14N4O2/c1-16(2)11-4-3-8(5-10(11)13)12(17)15-9-6-14-18-7-9/h3-7H,13H2,1-2H3,(H,15,17). The molecule has 6 heteroatoms. The molecule has 0 fully saturated rings. The van der Waals surface area contributed by atoms with Crippen molar-refractivity contribution in [3.63, 3.8) is 0 Å². The van der Waals surface area contributed by atoms with Crippen LogP contribution in [0.5, 0.6) is 0 Å². The lowest BCUT2D eigenvalue weighted by Crippen LogP contribution is -2.14. The predicted molar refractivity (Wildman–Crippen MR) is 69.6 cm³/mol. The monoisotopic (exact) mass is 246 g/mol. The Bertz CT molecular complexity index is 549. The second-order valence-corrected chi connectivity index (χ2v) is 4.04. The summed E-state index contributed by atoms with van der Waals surface area (Å²) >= 11 is 0. The maximum absolute atomic E-state index is 11.9. The van der Waals surface area contributed by atoms with Gasteiger partial charge in [-0.2, -0.15) is 0 Å². The first kappa shape index (κ1) is 12.0. The SMILES string of the molecule is CN(C)c1ccc(C(=O)Nc2cnoc2)cc1N. The third-order valence-corrected chi connectivity index (χ3v) is 2.46. The van der Waals surface area contributed by atoms with Crippen LogP contribution in [0.4, 0.5) is 17.1 Å². The molecule has 1 aromatic heterocycles. The Morgan fingerprint density at radius 2 is 2.22 bits per heavy atom. The molecular formula is C12H14N4O2. The first-order chi connectivity index (χ1) is 8.58. The number of benzene rings is 1. The summed E-state index contributed by atoms with van der Waals surface area (Å²) in [6, 6.07) is 5.16. The second kappa shape index (κ2) is 4.79. The molecular weight excluding hydrogens is 232 g/mol. The third kappa shape index (κ3) is 2.42. The fraction of sp³-hybridized carbons (Fsp3) is 0.167. The van der Waals surface area contributed by atoms with Gasteiger partial charge in [0.15, 0.2) is 0 Å². The smallest absolute Gasteiger partial charge is 0.255 e. The fourth-order valence-electron chi connectivity index (χ4n) is 1.57. The number of amides is 1. The zero-order chi connectivity index (χ0) is 13.1. The predicted octanol–water partition coefficient (Wildman–Crippen LogP) is 1.58. The fourth-order valence-corrected chi connectivity index (χ4v) is 1.57. The number of anilines is 3. The minimum absolute atomic E-state index is 0.254. The van der Waals surface area contributed by atoms with Crippen LogP contribution in [0.2, 0.25) is 0 Å². The lowest BCUT2D eigenvalue weighted by atomic mass is 10.1. The number of hydrogen-bond donors (Lipinski definition) is 2. The number of nitrogen functional groups attached to an aromatic ring is 1. The molecule has 0 radical (unpaired) electrons. The molecule has 0 saturated heterocycles. The van der Waals surface area contributed by atoms with Crippen molar-refractivity contribution in [2.24, 2.45) is 0 Å². The van der Waals surface area contributed by atoms with Crippen LogP contribution in [0.25, 0.3) is 0 Å². The Morgan fingerprint density at radius 3 is 2.78 bits per heavy atom. The van der Waals surface area contributed by atoms with Crippen LogP contribution >= 0.6 is 0 Å². The van der Waals surface area contributed by atoms with Crippen molar-refractivity contribution in [1.82, 2.24) is 5.16 Å². The zero-order valence-electron chi connectivity index (χ0n) is 10.2. The Balaban J connectivity index is 2.19. The average molecular weight is 246 g/mol. The van der Waals surface area contributed by atoms with Crippen LogP contribution in [0.3, 0.4) is 0 Å². The summed E-state index contributed by atoms with van der Waals surface area (Å²) in [6.45, 7) is 0. The molecule has 0 spiro atoms. The molecule has 0 aliphatic carbocycles. The Morgan fingerprint density at radius 1 is 1.44 bits per heavy atom. The van der Waals surface area contributed by atoms with E-state index < -0.39 is 0 Å². The van der Waals surface area contributed by atoms with Crippen molar-refractivity contribution < 1.29 is 9.32 Å². The van der Waals surface area contributed by atoms with E-state index in [9.17, 15) is 4.79 Å². The van der Waals surface area contributed by atoms with Gasteiger partial charge in [0.1, 0.15) is 12.0 Å². The van der Waals surface area contributed by atoms with Gasteiger partial charge in [-0.15, -0.1) is 0 Å². The number of carbonyl (C=O) groups excluding carboxylic acids is 1. The van der Waals surface area contributed by atoms with Gasteiger partial charge in [-0.1, -0.05) is 5.16 Å². The van der Waals surface area contributed by atoms with Gasteiger partial charge in [0.2, 0.25) is 0 Å². The van der Waals surface area contributed by atoms with Crippen LogP contribution in [0.15, 0.2) is 35.2 Å². The quantitative estimate of drug-likeness (QED) is 0.803. The maximum Gasteiger partial charge on any atom is 0.255 e. The average Bonchev–Trinajstić information content (AvgIpc) is 2.81. The van der Waals surface area contributed by atoms with E-state index in [0.717, 1.165) is 5.69 Å². The van der Waals surface area contributed by atoms with Crippen molar-refractivity contribution in [2.75, 3.05) is 30.0 Å². The minimum atomic E-state index is -0.254. The van der Waals surface area contributed by atoms with Crippen molar-refractivity contribution >= 4 is 23.0 Å². The highest BCUT2D eigenvalue weighted by Gasteiger charge is 2.10. The molecule has 1 aromatic carbocycles. The van der Waals surface area contributed by atoms with Gasteiger partial charge in [0, 0.05) is 19.7 Å². The van der Waals surface area contributed by atoms with Gasteiger partial charge in [-0.05, 0) is 18.2 Å². The van der Waals surface area contributed by atoms with Gasteiger partial charge in [0.25, 0.3) is 5.91 Å². The molecule has 3 N–H and O–H groups in total. The van der Waals surface area contributed by atoms with Gasteiger partial charge < -0.3 is 20.5 Å². The summed E-state index contributed by atoms with van der Waals surface area (Å²) < 4.78 is 4.63. The summed E-state index contributed by atoms with van der Waals surface area (Å²) in [5.41, 5.74) is 8.30. The number of rotatable bonds is 3. The molecule has 18 heavy (non-hydrogen) atoms. The topological polar surface area (TPSA) is 84.4 Å². The number of nitrogens with zero attached hydrogens (tertiary/aromatic N) is 2. The Hall–Kier alpha value is -2.50. The molecule has 2 rings (SSSR count). The van der Waals surface area contributed by atoms with Crippen molar-refractivity contribution in [3.8, 4) is 0 Å². The highest BCUT2D eigenvalue weighted by atomic mass is 16.5. The number of aromatic nitrogens is 1. The van der Waals surface area contributed by atoms with Crippen LogP contribution in [0, 0.1) is 0 Å². The molecule has 1 amide bonds. The summed E-state index contributed by atoms with van der Waals surface area (Å²) in [5.74, 6) is -0.254. The third-order valence-electron chi connectivity index (χ3n) is 2.46. The summed E-state index contributed by atoms with van der Waals surface area (Å²) in [4.78, 5) is 13.8. The summed E-state index contributed by atoms with van der Waals surface area (Å²) in [6.07, 6.45) is 2.78. The van der Waals surface area contributed by atoms with Crippen LogP contribution in [0.1, 0.15) is 10.4 Å². The lowest BCUT2D eigenvalue weighted by molar-refractivity contribution is 0.102. The van der Waals surface area contributed by atoms with Crippen LogP contribution in [-0.4, -0.2) is 25.2 Å². The number of nitrogens with one attached hydrogen (secondary N) is 1. The molecule has 0 unspecified atom stereocenters. The normalized spacial score (nSPS) is 10.1. The Labute approximate surface area is 104 Å².